The summed E-state index contributed by atoms with van der Waals surface area (Å²) >= 11 is 6.30. The fourth-order valence-electron chi connectivity index (χ4n) is 2.72. The molecule has 20 heavy (non-hydrogen) atoms. The molecule has 0 saturated heterocycles. The number of hydrogen-bond donors (Lipinski definition) is 1. The second-order valence-electron chi connectivity index (χ2n) is 6.30. The number of benzene rings is 1. The van der Waals surface area contributed by atoms with E-state index in [1.54, 1.807) is 7.11 Å². The van der Waals surface area contributed by atoms with Crippen LogP contribution in [0.15, 0.2) is 12.1 Å². The minimum Gasteiger partial charge on any atom is -0.491 e. The Kier molecular flexibility index (Phi) is 4.82. The molecule has 1 aromatic carbocycles. The van der Waals surface area contributed by atoms with Crippen molar-refractivity contribution in [2.45, 2.75) is 57.6 Å². The van der Waals surface area contributed by atoms with Gasteiger partial charge in [-0.1, -0.05) is 11.6 Å². The molecule has 112 valence electrons. The highest BCUT2D eigenvalue weighted by Crippen LogP contribution is 2.39. The van der Waals surface area contributed by atoms with Crippen molar-refractivity contribution in [3.8, 4) is 11.5 Å². The van der Waals surface area contributed by atoms with Crippen molar-refractivity contribution < 1.29 is 9.47 Å². The van der Waals surface area contributed by atoms with Crippen LogP contribution < -0.4 is 15.2 Å². The smallest absolute Gasteiger partial charge is 0.179 e. The van der Waals surface area contributed by atoms with Crippen LogP contribution >= 0.6 is 11.6 Å². The van der Waals surface area contributed by atoms with E-state index in [9.17, 15) is 0 Å². The number of hydrogen-bond acceptors (Lipinski definition) is 3. The van der Waals surface area contributed by atoms with Gasteiger partial charge in [-0.3, -0.25) is 0 Å². The maximum Gasteiger partial charge on any atom is 0.179 e. The molecule has 1 fully saturated rings. The molecule has 0 atom stereocenters. The lowest BCUT2D eigenvalue weighted by Crippen LogP contribution is -2.34. The van der Waals surface area contributed by atoms with Gasteiger partial charge in [0, 0.05) is 5.54 Å². The molecule has 4 heteroatoms. The van der Waals surface area contributed by atoms with Crippen molar-refractivity contribution in [3.05, 3.63) is 22.7 Å². The summed E-state index contributed by atoms with van der Waals surface area (Å²) in [5.74, 6) is 1.36. The summed E-state index contributed by atoms with van der Waals surface area (Å²) in [4.78, 5) is 0. The van der Waals surface area contributed by atoms with Gasteiger partial charge in [-0.05, 0) is 63.6 Å². The first kappa shape index (κ1) is 15.5. The van der Waals surface area contributed by atoms with Gasteiger partial charge in [0.05, 0.1) is 18.2 Å². The van der Waals surface area contributed by atoms with Crippen LogP contribution in [0.2, 0.25) is 5.02 Å². The molecule has 0 aliphatic heterocycles. The molecule has 0 heterocycles. The minimum atomic E-state index is -0.275. The maximum atomic E-state index is 6.30. The molecule has 2 N–H and O–H groups in total. The third-order valence-corrected chi connectivity index (χ3v) is 3.81. The molecule has 0 radical (unpaired) electrons. The van der Waals surface area contributed by atoms with Crippen LogP contribution in [0.4, 0.5) is 0 Å². The van der Waals surface area contributed by atoms with Gasteiger partial charge < -0.3 is 15.2 Å². The summed E-state index contributed by atoms with van der Waals surface area (Å²) in [7, 11) is 1.62. The fourth-order valence-corrected chi connectivity index (χ4v) is 3.03. The van der Waals surface area contributed by atoms with Gasteiger partial charge in [0.2, 0.25) is 0 Å². The van der Waals surface area contributed by atoms with Crippen LogP contribution in [0.25, 0.3) is 0 Å². The van der Waals surface area contributed by atoms with Crippen LogP contribution in [-0.4, -0.2) is 18.8 Å². The van der Waals surface area contributed by atoms with Crippen LogP contribution in [-0.2, 0) is 6.42 Å². The lowest BCUT2D eigenvalue weighted by Gasteiger charge is -2.21. The highest BCUT2D eigenvalue weighted by atomic mass is 35.5. The first-order valence-corrected chi connectivity index (χ1v) is 7.59. The predicted molar refractivity (Wildman–Crippen MR) is 82.9 cm³/mol. The van der Waals surface area contributed by atoms with Crippen molar-refractivity contribution in [1.82, 2.24) is 0 Å². The lowest BCUT2D eigenvalue weighted by molar-refractivity contribution is 0.200. The zero-order valence-electron chi connectivity index (χ0n) is 12.5. The quantitative estimate of drug-likeness (QED) is 0.895. The topological polar surface area (TPSA) is 44.5 Å². The van der Waals surface area contributed by atoms with Gasteiger partial charge in [-0.2, -0.15) is 0 Å². The second kappa shape index (κ2) is 6.23. The van der Waals surface area contributed by atoms with Crippen molar-refractivity contribution in [2.75, 3.05) is 7.11 Å². The summed E-state index contributed by atoms with van der Waals surface area (Å²) in [5, 5.41) is 0.585. The Hall–Kier alpha value is -0.930. The summed E-state index contributed by atoms with van der Waals surface area (Å²) in [6.07, 6.45) is 5.70. The van der Waals surface area contributed by atoms with Crippen LogP contribution in [0.5, 0.6) is 11.5 Å². The van der Waals surface area contributed by atoms with Crippen LogP contribution in [0.1, 0.15) is 45.1 Å². The first-order chi connectivity index (χ1) is 9.39. The van der Waals surface area contributed by atoms with Crippen molar-refractivity contribution >= 4 is 11.6 Å². The number of methoxy groups -OCH3 is 1. The SMILES string of the molecule is COc1c(Cl)cc(CC(C)(C)N)cc1OC1CCCC1. The highest BCUT2D eigenvalue weighted by molar-refractivity contribution is 6.32. The Labute approximate surface area is 126 Å². The molecule has 0 bridgehead atoms. The molecule has 0 aromatic heterocycles. The lowest BCUT2D eigenvalue weighted by atomic mass is 9.96. The van der Waals surface area contributed by atoms with E-state index in [0.29, 0.717) is 10.8 Å². The zero-order valence-corrected chi connectivity index (χ0v) is 13.3. The van der Waals surface area contributed by atoms with Crippen LogP contribution in [0.3, 0.4) is 0 Å². The molecule has 2 rings (SSSR count). The first-order valence-electron chi connectivity index (χ1n) is 7.21. The molecule has 0 unspecified atom stereocenters. The molecule has 1 saturated carbocycles. The number of nitrogens with two attached hydrogens (primary N) is 1. The standard InChI is InChI=1S/C16H24ClNO2/c1-16(2,18)10-11-8-13(17)15(19-3)14(9-11)20-12-6-4-5-7-12/h8-9,12H,4-7,10,18H2,1-3H3. The number of ether oxygens (including phenoxy) is 2. The van der Waals surface area contributed by atoms with E-state index in [0.717, 1.165) is 30.6 Å². The number of rotatable bonds is 5. The summed E-state index contributed by atoms with van der Waals surface area (Å²) in [5.41, 5.74) is 6.89. The van der Waals surface area contributed by atoms with Gasteiger partial charge in [0.15, 0.2) is 11.5 Å². The Morgan fingerprint density at radius 3 is 2.50 bits per heavy atom. The summed E-state index contributed by atoms with van der Waals surface area (Å²) < 4.78 is 11.5. The van der Waals surface area contributed by atoms with E-state index >= 15 is 0 Å². The molecule has 1 aliphatic rings. The minimum absolute atomic E-state index is 0.275. The Balaban J connectivity index is 2.26. The highest BCUT2D eigenvalue weighted by Gasteiger charge is 2.21. The van der Waals surface area contributed by atoms with E-state index in [-0.39, 0.29) is 11.6 Å². The van der Waals surface area contributed by atoms with Gasteiger partial charge in [-0.15, -0.1) is 0 Å². The molecule has 1 aliphatic carbocycles. The average Bonchev–Trinajstić information content (AvgIpc) is 2.79. The fraction of sp³-hybridized carbons (Fsp3) is 0.625. The van der Waals surface area contributed by atoms with E-state index in [2.05, 4.69) is 0 Å². The predicted octanol–water partition coefficient (Wildman–Crippen LogP) is 3.95. The summed E-state index contributed by atoms with van der Waals surface area (Å²) in [6.45, 7) is 4.01. The molecule has 1 aromatic rings. The Morgan fingerprint density at radius 2 is 1.95 bits per heavy atom. The zero-order chi connectivity index (χ0) is 14.8. The van der Waals surface area contributed by atoms with E-state index < -0.39 is 0 Å². The summed E-state index contributed by atoms with van der Waals surface area (Å²) in [6, 6.07) is 3.92. The van der Waals surface area contributed by atoms with Gasteiger partial charge in [-0.25, -0.2) is 0 Å². The average molecular weight is 298 g/mol. The molecular formula is C16H24ClNO2. The van der Waals surface area contributed by atoms with Gasteiger partial charge >= 0.3 is 0 Å². The molecule has 0 amide bonds. The monoisotopic (exact) mass is 297 g/mol. The molecular weight excluding hydrogens is 274 g/mol. The van der Waals surface area contributed by atoms with Crippen molar-refractivity contribution in [1.29, 1.82) is 0 Å². The molecule has 3 nitrogen and oxygen atoms in total. The Bertz CT molecular complexity index is 462. The Morgan fingerprint density at radius 1 is 1.30 bits per heavy atom. The molecule has 0 spiro atoms. The van der Waals surface area contributed by atoms with Gasteiger partial charge in [0.25, 0.3) is 0 Å². The van der Waals surface area contributed by atoms with E-state index in [4.69, 9.17) is 26.8 Å². The van der Waals surface area contributed by atoms with Crippen LogP contribution in [0, 0.1) is 0 Å². The normalized spacial score (nSPS) is 16.4. The maximum absolute atomic E-state index is 6.30. The second-order valence-corrected chi connectivity index (χ2v) is 6.71. The van der Waals surface area contributed by atoms with E-state index in [1.807, 2.05) is 26.0 Å². The van der Waals surface area contributed by atoms with Gasteiger partial charge in [0.1, 0.15) is 0 Å². The van der Waals surface area contributed by atoms with Crippen molar-refractivity contribution in [2.24, 2.45) is 5.73 Å². The van der Waals surface area contributed by atoms with E-state index in [1.165, 1.54) is 12.8 Å². The third kappa shape index (κ3) is 4.03. The number of halogens is 1. The van der Waals surface area contributed by atoms with Crippen molar-refractivity contribution in [3.63, 3.8) is 0 Å². The third-order valence-electron chi connectivity index (χ3n) is 3.53. The largest absolute Gasteiger partial charge is 0.491 e.